The third-order valence-corrected chi connectivity index (χ3v) is 5.11. The van der Waals surface area contributed by atoms with Crippen molar-refractivity contribution in [2.45, 2.75) is 17.9 Å². The lowest BCUT2D eigenvalue weighted by atomic mass is 10.2. The van der Waals surface area contributed by atoms with Gasteiger partial charge in [-0.3, -0.25) is 0 Å². The number of nitrogens with one attached hydrogen (secondary N) is 1. The smallest absolute Gasteiger partial charge is 0.244 e. The van der Waals surface area contributed by atoms with Crippen LogP contribution in [0.4, 0.5) is 0 Å². The quantitative estimate of drug-likeness (QED) is 0.750. The molecule has 0 bridgehead atoms. The lowest BCUT2D eigenvalue weighted by molar-refractivity contribution is 0.354. The van der Waals surface area contributed by atoms with Gasteiger partial charge >= 0.3 is 0 Å². The minimum Gasteiger partial charge on any atom is -0.337 e. The van der Waals surface area contributed by atoms with E-state index in [2.05, 4.69) is 14.9 Å². The van der Waals surface area contributed by atoms with E-state index in [0.717, 1.165) is 5.56 Å². The average molecular weight is 364 g/mol. The molecule has 1 heterocycles. The second kappa shape index (κ2) is 6.72. The molecule has 1 atom stereocenters. The molecule has 0 aliphatic rings. The van der Waals surface area contributed by atoms with Crippen LogP contribution < -0.4 is 4.72 Å². The minimum absolute atomic E-state index is 0.175. The molecule has 0 aliphatic carbocycles. The van der Waals surface area contributed by atoms with Crippen LogP contribution in [0, 0.1) is 0 Å². The highest BCUT2D eigenvalue weighted by molar-refractivity contribution is 7.89. The number of nitrogens with zero attached hydrogens (tertiary/aromatic N) is 2. The molecule has 24 heavy (non-hydrogen) atoms. The van der Waals surface area contributed by atoms with Gasteiger partial charge in [0.1, 0.15) is 0 Å². The van der Waals surface area contributed by atoms with Crippen molar-refractivity contribution in [3.05, 3.63) is 65.5 Å². The summed E-state index contributed by atoms with van der Waals surface area (Å²) in [7, 11) is -3.66. The highest BCUT2D eigenvalue weighted by Gasteiger charge is 2.22. The van der Waals surface area contributed by atoms with Gasteiger partial charge in [0, 0.05) is 10.6 Å². The van der Waals surface area contributed by atoms with Crippen LogP contribution in [-0.2, 0) is 10.0 Å². The second-order valence-corrected chi connectivity index (χ2v) is 7.27. The molecule has 0 spiro atoms. The molecular formula is C16H14ClN3O3S. The van der Waals surface area contributed by atoms with Gasteiger partial charge < -0.3 is 4.52 Å². The Labute approximate surface area is 144 Å². The van der Waals surface area contributed by atoms with Gasteiger partial charge in [0.2, 0.25) is 21.7 Å². The summed E-state index contributed by atoms with van der Waals surface area (Å²) in [6.07, 6.45) is 0. The molecule has 1 N–H and O–H groups in total. The van der Waals surface area contributed by atoms with Crippen molar-refractivity contribution in [2.75, 3.05) is 0 Å². The monoisotopic (exact) mass is 363 g/mol. The SMILES string of the molecule is CC(NS(=O)(=O)c1ccccc1)c1nc(-c2ccc(Cl)cc2)no1. The largest absolute Gasteiger partial charge is 0.337 e. The molecule has 0 aliphatic heterocycles. The van der Waals surface area contributed by atoms with Gasteiger partial charge in [-0.15, -0.1) is 0 Å². The number of rotatable bonds is 5. The summed E-state index contributed by atoms with van der Waals surface area (Å²) in [5, 5.41) is 4.48. The maximum atomic E-state index is 12.3. The van der Waals surface area contributed by atoms with Crippen LogP contribution in [0.5, 0.6) is 0 Å². The lowest BCUT2D eigenvalue weighted by Crippen LogP contribution is -2.27. The molecular weight excluding hydrogens is 350 g/mol. The molecule has 0 amide bonds. The molecule has 0 saturated carbocycles. The van der Waals surface area contributed by atoms with Crippen LogP contribution in [-0.4, -0.2) is 18.6 Å². The maximum Gasteiger partial charge on any atom is 0.244 e. The van der Waals surface area contributed by atoms with Gasteiger partial charge in [-0.2, -0.15) is 9.71 Å². The Morgan fingerprint density at radius 2 is 1.75 bits per heavy atom. The fourth-order valence-corrected chi connectivity index (χ4v) is 3.42. The highest BCUT2D eigenvalue weighted by Crippen LogP contribution is 2.21. The van der Waals surface area contributed by atoms with Crippen LogP contribution in [0.15, 0.2) is 64.0 Å². The Hall–Kier alpha value is -2.22. The van der Waals surface area contributed by atoms with E-state index in [9.17, 15) is 8.42 Å². The third-order valence-electron chi connectivity index (χ3n) is 3.30. The average Bonchev–Trinajstić information content (AvgIpc) is 3.06. The molecule has 8 heteroatoms. The Morgan fingerprint density at radius 3 is 2.42 bits per heavy atom. The van der Waals surface area contributed by atoms with E-state index < -0.39 is 16.1 Å². The molecule has 0 fully saturated rings. The number of aromatic nitrogens is 2. The predicted octanol–water partition coefficient (Wildman–Crippen LogP) is 3.43. The van der Waals surface area contributed by atoms with Crippen molar-refractivity contribution in [3.8, 4) is 11.4 Å². The van der Waals surface area contributed by atoms with E-state index in [-0.39, 0.29) is 10.8 Å². The third kappa shape index (κ3) is 3.64. The number of benzene rings is 2. The van der Waals surface area contributed by atoms with Gasteiger partial charge in [-0.25, -0.2) is 8.42 Å². The number of hydrogen-bond donors (Lipinski definition) is 1. The van der Waals surface area contributed by atoms with Gasteiger partial charge in [-0.1, -0.05) is 35.0 Å². The first-order valence-corrected chi connectivity index (χ1v) is 8.99. The lowest BCUT2D eigenvalue weighted by Gasteiger charge is -2.10. The van der Waals surface area contributed by atoms with E-state index >= 15 is 0 Å². The summed E-state index contributed by atoms with van der Waals surface area (Å²) < 4.78 is 32.3. The summed E-state index contributed by atoms with van der Waals surface area (Å²) in [4.78, 5) is 4.42. The molecule has 1 aromatic heterocycles. The van der Waals surface area contributed by atoms with E-state index in [4.69, 9.17) is 16.1 Å². The Balaban J connectivity index is 1.79. The first-order valence-electron chi connectivity index (χ1n) is 7.12. The van der Waals surface area contributed by atoms with Crippen molar-refractivity contribution in [2.24, 2.45) is 0 Å². The molecule has 3 aromatic rings. The number of hydrogen-bond acceptors (Lipinski definition) is 5. The standard InChI is InChI=1S/C16H14ClN3O3S/c1-11(20-24(21,22)14-5-3-2-4-6-14)16-18-15(19-23-16)12-7-9-13(17)10-8-12/h2-11,20H,1H3. The van der Waals surface area contributed by atoms with Gasteiger partial charge in [0.15, 0.2) is 0 Å². The van der Waals surface area contributed by atoms with E-state index in [1.54, 1.807) is 49.4 Å². The first kappa shape index (κ1) is 16.6. The minimum atomic E-state index is -3.66. The van der Waals surface area contributed by atoms with E-state index in [0.29, 0.717) is 10.8 Å². The van der Waals surface area contributed by atoms with Crippen LogP contribution in [0.2, 0.25) is 5.02 Å². The zero-order valence-corrected chi connectivity index (χ0v) is 14.3. The summed E-state index contributed by atoms with van der Waals surface area (Å²) in [5.41, 5.74) is 0.729. The Kier molecular flexibility index (Phi) is 4.66. The van der Waals surface area contributed by atoms with Crippen molar-refractivity contribution in [3.63, 3.8) is 0 Å². The summed E-state index contributed by atoms with van der Waals surface area (Å²) in [5.74, 6) is 0.548. The normalized spacial score (nSPS) is 12.9. The molecule has 0 saturated heterocycles. The zero-order chi connectivity index (χ0) is 17.2. The van der Waals surface area contributed by atoms with Crippen LogP contribution in [0.1, 0.15) is 18.9 Å². The summed E-state index contributed by atoms with van der Waals surface area (Å²) in [6.45, 7) is 1.64. The topological polar surface area (TPSA) is 85.1 Å². The Morgan fingerprint density at radius 1 is 1.08 bits per heavy atom. The summed E-state index contributed by atoms with van der Waals surface area (Å²) >= 11 is 5.84. The molecule has 1 unspecified atom stereocenters. The Bertz CT molecular complexity index is 925. The number of halogens is 1. The molecule has 0 radical (unpaired) electrons. The van der Waals surface area contributed by atoms with Crippen molar-refractivity contribution in [1.29, 1.82) is 0 Å². The fourth-order valence-electron chi connectivity index (χ4n) is 2.08. The molecule has 124 valence electrons. The van der Waals surface area contributed by atoms with Crippen molar-refractivity contribution < 1.29 is 12.9 Å². The zero-order valence-electron chi connectivity index (χ0n) is 12.7. The molecule has 2 aromatic carbocycles. The van der Waals surface area contributed by atoms with Crippen LogP contribution >= 0.6 is 11.6 Å². The van der Waals surface area contributed by atoms with Crippen molar-refractivity contribution in [1.82, 2.24) is 14.9 Å². The van der Waals surface area contributed by atoms with Gasteiger partial charge in [-0.05, 0) is 43.3 Å². The van der Waals surface area contributed by atoms with Crippen molar-refractivity contribution >= 4 is 21.6 Å². The first-order chi connectivity index (χ1) is 11.5. The predicted molar refractivity (Wildman–Crippen MR) is 89.9 cm³/mol. The van der Waals surface area contributed by atoms with E-state index in [1.165, 1.54) is 12.1 Å². The summed E-state index contributed by atoms with van der Waals surface area (Å²) in [6, 6.07) is 14.4. The van der Waals surface area contributed by atoms with Gasteiger partial charge in [0.25, 0.3) is 0 Å². The molecule has 3 rings (SSSR count). The van der Waals surface area contributed by atoms with E-state index in [1.807, 2.05) is 0 Å². The second-order valence-electron chi connectivity index (χ2n) is 5.12. The maximum absolute atomic E-state index is 12.3. The highest BCUT2D eigenvalue weighted by atomic mass is 35.5. The molecule has 6 nitrogen and oxygen atoms in total. The number of sulfonamides is 1. The van der Waals surface area contributed by atoms with Gasteiger partial charge in [0.05, 0.1) is 10.9 Å². The van der Waals surface area contributed by atoms with Crippen LogP contribution in [0.3, 0.4) is 0 Å². The fraction of sp³-hybridized carbons (Fsp3) is 0.125. The van der Waals surface area contributed by atoms with Crippen LogP contribution in [0.25, 0.3) is 11.4 Å².